The summed E-state index contributed by atoms with van der Waals surface area (Å²) in [6.07, 6.45) is 1.27. The fourth-order valence-electron chi connectivity index (χ4n) is 1.53. The molecule has 13 heavy (non-hydrogen) atoms. The molecule has 0 aromatic heterocycles. The summed E-state index contributed by atoms with van der Waals surface area (Å²) in [6, 6.07) is 5.44. The van der Waals surface area contributed by atoms with Crippen molar-refractivity contribution in [2.75, 3.05) is 5.32 Å². The zero-order chi connectivity index (χ0) is 9.26. The molecule has 0 aliphatic carbocycles. The highest BCUT2D eigenvalue weighted by molar-refractivity contribution is 5.93. The van der Waals surface area contributed by atoms with Gasteiger partial charge >= 0.3 is 0 Å². The standard InChI is InChI=1S/C10H10NO2/c12-6-7-1-3-9-8(5-7)2-4-10(13)11-9/h1,3,5H,2,4,6H2,(H,11,13). The molecule has 1 aliphatic rings. The largest absolute Gasteiger partial charge is 0.326 e. The Labute approximate surface area is 76.4 Å². The molecule has 0 saturated carbocycles. The smallest absolute Gasteiger partial charge is 0.224 e. The van der Waals surface area contributed by atoms with Gasteiger partial charge in [0, 0.05) is 12.1 Å². The van der Waals surface area contributed by atoms with Crippen LogP contribution in [-0.2, 0) is 22.9 Å². The zero-order valence-electron chi connectivity index (χ0n) is 7.17. The minimum atomic E-state index is -0.193. The Kier molecular flexibility index (Phi) is 2.02. The molecule has 0 spiro atoms. The molecule has 1 aliphatic heterocycles. The molecule has 1 aromatic rings. The van der Waals surface area contributed by atoms with Crippen LogP contribution in [0.2, 0.25) is 0 Å². The Bertz CT molecular complexity index is 347. The molecule has 1 heterocycles. The molecule has 1 radical (unpaired) electrons. The van der Waals surface area contributed by atoms with Crippen molar-refractivity contribution in [2.45, 2.75) is 19.4 Å². The highest BCUT2D eigenvalue weighted by atomic mass is 16.3. The number of anilines is 1. The van der Waals surface area contributed by atoms with E-state index in [4.69, 9.17) is 0 Å². The number of amides is 1. The summed E-state index contributed by atoms with van der Waals surface area (Å²) in [5, 5.41) is 13.4. The SMILES string of the molecule is [O]Cc1ccc2c(c1)CCC(=O)N2. The number of nitrogens with one attached hydrogen (secondary N) is 1. The molecule has 2 rings (SSSR count). The van der Waals surface area contributed by atoms with Crippen LogP contribution in [0.25, 0.3) is 0 Å². The summed E-state index contributed by atoms with van der Waals surface area (Å²) in [5.41, 5.74) is 2.72. The first-order valence-corrected chi connectivity index (χ1v) is 4.29. The summed E-state index contributed by atoms with van der Waals surface area (Å²) in [4.78, 5) is 11.0. The Hall–Kier alpha value is -1.35. The van der Waals surface area contributed by atoms with Crippen LogP contribution >= 0.6 is 0 Å². The molecule has 67 valence electrons. The molecule has 3 nitrogen and oxygen atoms in total. The number of carbonyl (C=O) groups is 1. The van der Waals surface area contributed by atoms with Crippen LogP contribution in [0.5, 0.6) is 0 Å². The predicted molar refractivity (Wildman–Crippen MR) is 47.8 cm³/mol. The Morgan fingerprint density at radius 2 is 2.15 bits per heavy atom. The van der Waals surface area contributed by atoms with E-state index < -0.39 is 0 Å². The van der Waals surface area contributed by atoms with Crippen LogP contribution in [0.1, 0.15) is 17.5 Å². The summed E-state index contributed by atoms with van der Waals surface area (Å²) < 4.78 is 0. The van der Waals surface area contributed by atoms with Gasteiger partial charge in [0.15, 0.2) is 0 Å². The number of hydrogen-bond acceptors (Lipinski definition) is 1. The van der Waals surface area contributed by atoms with Crippen LogP contribution in [0.4, 0.5) is 5.69 Å². The summed E-state index contributed by atoms with van der Waals surface area (Å²) >= 11 is 0. The van der Waals surface area contributed by atoms with E-state index in [1.165, 1.54) is 0 Å². The first-order valence-electron chi connectivity index (χ1n) is 4.29. The van der Waals surface area contributed by atoms with Crippen LogP contribution in [-0.4, -0.2) is 5.91 Å². The van der Waals surface area contributed by atoms with Gasteiger partial charge in [0.2, 0.25) is 5.91 Å². The van der Waals surface area contributed by atoms with Gasteiger partial charge in [-0.25, -0.2) is 5.11 Å². The van der Waals surface area contributed by atoms with E-state index in [0.29, 0.717) is 6.42 Å². The van der Waals surface area contributed by atoms with E-state index in [0.717, 1.165) is 23.2 Å². The molecule has 1 N–H and O–H groups in total. The lowest BCUT2D eigenvalue weighted by molar-refractivity contribution is -0.116. The maximum absolute atomic E-state index is 11.0. The third-order valence-electron chi connectivity index (χ3n) is 2.23. The fourth-order valence-corrected chi connectivity index (χ4v) is 1.53. The van der Waals surface area contributed by atoms with Gasteiger partial charge in [-0.1, -0.05) is 12.1 Å². The Morgan fingerprint density at radius 1 is 1.31 bits per heavy atom. The van der Waals surface area contributed by atoms with E-state index in [2.05, 4.69) is 5.32 Å². The maximum Gasteiger partial charge on any atom is 0.224 e. The summed E-state index contributed by atoms with van der Waals surface area (Å²) in [7, 11) is 0. The normalized spacial score (nSPS) is 15.0. The molecule has 1 aromatic carbocycles. The van der Waals surface area contributed by atoms with E-state index in [1.54, 1.807) is 12.1 Å². The molecule has 0 saturated heterocycles. The van der Waals surface area contributed by atoms with Crippen LogP contribution in [0.15, 0.2) is 18.2 Å². The number of carbonyl (C=O) groups excluding carboxylic acids is 1. The third-order valence-corrected chi connectivity index (χ3v) is 2.23. The van der Waals surface area contributed by atoms with Crippen molar-refractivity contribution in [2.24, 2.45) is 0 Å². The van der Waals surface area contributed by atoms with Crippen LogP contribution in [0.3, 0.4) is 0 Å². The second-order valence-electron chi connectivity index (χ2n) is 3.18. The topological polar surface area (TPSA) is 49.0 Å². The van der Waals surface area contributed by atoms with Crippen molar-refractivity contribution in [3.05, 3.63) is 29.3 Å². The van der Waals surface area contributed by atoms with Crippen molar-refractivity contribution in [3.8, 4) is 0 Å². The monoisotopic (exact) mass is 176 g/mol. The van der Waals surface area contributed by atoms with E-state index in [1.807, 2.05) is 6.07 Å². The molecular weight excluding hydrogens is 166 g/mol. The van der Waals surface area contributed by atoms with Crippen molar-refractivity contribution >= 4 is 11.6 Å². The summed E-state index contributed by atoms with van der Waals surface area (Å²) in [6.45, 7) is -0.193. The number of fused-ring (bicyclic) bond motifs is 1. The molecule has 3 heteroatoms. The quantitative estimate of drug-likeness (QED) is 0.692. The minimum Gasteiger partial charge on any atom is -0.326 e. The highest BCUT2D eigenvalue weighted by Crippen LogP contribution is 2.23. The lowest BCUT2D eigenvalue weighted by Crippen LogP contribution is -2.18. The number of hydrogen-bond donors (Lipinski definition) is 1. The van der Waals surface area contributed by atoms with Crippen LogP contribution < -0.4 is 5.32 Å². The lowest BCUT2D eigenvalue weighted by atomic mass is 10.0. The highest BCUT2D eigenvalue weighted by Gasteiger charge is 2.14. The molecular formula is C10H10NO2. The van der Waals surface area contributed by atoms with Gasteiger partial charge in [0.05, 0.1) is 0 Å². The average Bonchev–Trinajstić information content (AvgIpc) is 2.17. The van der Waals surface area contributed by atoms with E-state index in [-0.39, 0.29) is 12.5 Å². The number of aryl methyl sites for hydroxylation is 1. The van der Waals surface area contributed by atoms with Crippen molar-refractivity contribution in [3.63, 3.8) is 0 Å². The first-order chi connectivity index (χ1) is 6.29. The maximum atomic E-state index is 11.0. The van der Waals surface area contributed by atoms with Crippen molar-refractivity contribution in [1.29, 1.82) is 0 Å². The van der Waals surface area contributed by atoms with Gasteiger partial charge in [0.1, 0.15) is 6.61 Å². The van der Waals surface area contributed by atoms with Crippen LogP contribution in [0, 0.1) is 0 Å². The Morgan fingerprint density at radius 3 is 2.92 bits per heavy atom. The fraction of sp³-hybridized carbons (Fsp3) is 0.300. The van der Waals surface area contributed by atoms with Gasteiger partial charge in [-0.2, -0.15) is 0 Å². The molecule has 0 bridgehead atoms. The third kappa shape index (κ3) is 1.55. The first kappa shape index (κ1) is 8.26. The summed E-state index contributed by atoms with van der Waals surface area (Å²) in [5.74, 6) is 0.0578. The number of rotatable bonds is 1. The molecule has 0 unspecified atom stereocenters. The average molecular weight is 176 g/mol. The number of benzene rings is 1. The predicted octanol–water partition coefficient (Wildman–Crippen LogP) is 1.50. The Balaban J connectivity index is 2.36. The molecule has 0 atom stereocenters. The van der Waals surface area contributed by atoms with Gasteiger partial charge < -0.3 is 5.32 Å². The van der Waals surface area contributed by atoms with E-state index in [9.17, 15) is 9.90 Å². The van der Waals surface area contributed by atoms with Gasteiger partial charge in [0.25, 0.3) is 0 Å². The van der Waals surface area contributed by atoms with Crippen molar-refractivity contribution in [1.82, 2.24) is 0 Å². The van der Waals surface area contributed by atoms with Gasteiger partial charge in [-0.05, 0) is 23.6 Å². The zero-order valence-corrected chi connectivity index (χ0v) is 7.17. The van der Waals surface area contributed by atoms with Gasteiger partial charge in [-0.15, -0.1) is 0 Å². The van der Waals surface area contributed by atoms with Crippen molar-refractivity contribution < 1.29 is 9.90 Å². The lowest BCUT2D eigenvalue weighted by Gasteiger charge is -2.16. The van der Waals surface area contributed by atoms with E-state index >= 15 is 0 Å². The molecule has 0 fully saturated rings. The second kappa shape index (κ2) is 3.18. The van der Waals surface area contributed by atoms with Gasteiger partial charge in [-0.3, -0.25) is 4.79 Å². The minimum absolute atomic E-state index is 0.0578. The second-order valence-corrected chi connectivity index (χ2v) is 3.18. The molecule has 1 amide bonds.